The largest absolute Gasteiger partial charge is 0.287 e. The standard InChI is InChI=1S/C27H18N2O/c30-27-24-18-10-8-16-22(24)21-15-7-9-17-23(21)26(27)29-28-25(19-11-3-1-4-12-19)20-13-5-2-6-14-20/h1-18H/b29-26+. The third kappa shape index (κ3) is 3.16. The number of carbonyl (C=O) groups is 1. The average Bonchev–Trinajstić information content (AvgIpc) is 2.82. The summed E-state index contributed by atoms with van der Waals surface area (Å²) in [5, 5.41) is 9.11. The van der Waals surface area contributed by atoms with Crippen LogP contribution in [-0.4, -0.2) is 17.2 Å². The van der Waals surface area contributed by atoms with Gasteiger partial charge in [0.25, 0.3) is 0 Å². The summed E-state index contributed by atoms with van der Waals surface area (Å²) in [6, 6.07) is 35.3. The Balaban J connectivity index is 1.70. The van der Waals surface area contributed by atoms with Gasteiger partial charge in [-0.05, 0) is 11.1 Å². The molecule has 0 heterocycles. The normalized spacial score (nSPS) is 13.5. The Morgan fingerprint density at radius 3 is 1.50 bits per heavy atom. The number of carbonyl (C=O) groups excluding carboxylic acids is 1. The molecule has 3 nitrogen and oxygen atoms in total. The summed E-state index contributed by atoms with van der Waals surface area (Å²) in [4.78, 5) is 13.3. The van der Waals surface area contributed by atoms with Gasteiger partial charge in [0.05, 0.1) is 0 Å². The van der Waals surface area contributed by atoms with E-state index in [1.807, 2.05) is 109 Å². The van der Waals surface area contributed by atoms with Crippen molar-refractivity contribution in [3.8, 4) is 11.1 Å². The molecule has 1 aliphatic rings. The molecular weight excluding hydrogens is 368 g/mol. The molecule has 0 radical (unpaired) electrons. The van der Waals surface area contributed by atoms with E-state index < -0.39 is 0 Å². The van der Waals surface area contributed by atoms with E-state index in [-0.39, 0.29) is 5.78 Å². The fraction of sp³-hybridized carbons (Fsp3) is 0. The second-order valence-electron chi connectivity index (χ2n) is 7.05. The van der Waals surface area contributed by atoms with Crippen molar-refractivity contribution in [2.24, 2.45) is 10.2 Å². The maximum atomic E-state index is 13.3. The molecule has 3 heteroatoms. The van der Waals surface area contributed by atoms with Crippen LogP contribution < -0.4 is 0 Å². The Labute approximate surface area is 175 Å². The van der Waals surface area contributed by atoms with Crippen molar-refractivity contribution in [2.45, 2.75) is 0 Å². The molecule has 0 fully saturated rings. The highest BCUT2D eigenvalue weighted by Crippen LogP contribution is 2.33. The fourth-order valence-electron chi connectivity index (χ4n) is 3.76. The maximum Gasteiger partial charge on any atom is 0.214 e. The number of rotatable bonds is 3. The molecular formula is C27H18N2O. The highest BCUT2D eigenvalue weighted by atomic mass is 16.1. The lowest BCUT2D eigenvalue weighted by atomic mass is 9.83. The molecule has 142 valence electrons. The zero-order valence-electron chi connectivity index (χ0n) is 16.2. The summed E-state index contributed by atoms with van der Waals surface area (Å²) < 4.78 is 0. The van der Waals surface area contributed by atoms with Crippen LogP contribution in [0.2, 0.25) is 0 Å². The number of Topliss-reactive ketones (excluding diaryl/α,β-unsaturated/α-hetero) is 1. The third-order valence-electron chi connectivity index (χ3n) is 5.20. The zero-order chi connectivity index (χ0) is 20.3. The Morgan fingerprint density at radius 2 is 0.933 bits per heavy atom. The van der Waals surface area contributed by atoms with Gasteiger partial charge >= 0.3 is 0 Å². The van der Waals surface area contributed by atoms with Crippen LogP contribution in [0, 0.1) is 0 Å². The minimum absolute atomic E-state index is 0.103. The molecule has 0 N–H and O–H groups in total. The van der Waals surface area contributed by atoms with Crippen molar-refractivity contribution < 1.29 is 4.79 Å². The molecule has 1 aliphatic carbocycles. The van der Waals surface area contributed by atoms with Crippen LogP contribution in [0.15, 0.2) is 119 Å². The molecule has 0 bridgehead atoms. The van der Waals surface area contributed by atoms with Crippen LogP contribution in [0.5, 0.6) is 0 Å². The Bertz CT molecular complexity index is 1250. The van der Waals surface area contributed by atoms with Crippen LogP contribution >= 0.6 is 0 Å². The van der Waals surface area contributed by atoms with Gasteiger partial charge in [-0.1, -0.05) is 109 Å². The van der Waals surface area contributed by atoms with E-state index >= 15 is 0 Å². The summed E-state index contributed by atoms with van der Waals surface area (Å²) in [5.74, 6) is -0.103. The molecule has 4 aromatic rings. The summed E-state index contributed by atoms with van der Waals surface area (Å²) in [6.07, 6.45) is 0. The molecule has 0 aliphatic heterocycles. The van der Waals surface area contributed by atoms with E-state index in [2.05, 4.69) is 10.2 Å². The van der Waals surface area contributed by atoms with Crippen molar-refractivity contribution in [1.29, 1.82) is 0 Å². The second-order valence-corrected chi connectivity index (χ2v) is 7.05. The molecule has 0 spiro atoms. The minimum atomic E-state index is -0.103. The van der Waals surface area contributed by atoms with Crippen LogP contribution in [0.1, 0.15) is 27.0 Å². The number of hydrogen-bond donors (Lipinski definition) is 0. The summed E-state index contributed by atoms with van der Waals surface area (Å²) in [5.41, 5.74) is 6.41. The van der Waals surface area contributed by atoms with E-state index in [0.717, 1.165) is 33.5 Å². The maximum absolute atomic E-state index is 13.3. The fourth-order valence-corrected chi connectivity index (χ4v) is 3.76. The Hall–Kier alpha value is -4.11. The number of ketones is 1. The predicted molar refractivity (Wildman–Crippen MR) is 121 cm³/mol. The summed E-state index contributed by atoms with van der Waals surface area (Å²) >= 11 is 0. The quantitative estimate of drug-likeness (QED) is 0.324. The van der Waals surface area contributed by atoms with Gasteiger partial charge in [-0.2, -0.15) is 0 Å². The second kappa shape index (κ2) is 7.72. The third-order valence-corrected chi connectivity index (χ3v) is 5.20. The van der Waals surface area contributed by atoms with Crippen LogP contribution in [-0.2, 0) is 0 Å². The van der Waals surface area contributed by atoms with Gasteiger partial charge in [0.1, 0.15) is 11.4 Å². The zero-order valence-corrected chi connectivity index (χ0v) is 16.2. The highest BCUT2D eigenvalue weighted by molar-refractivity contribution is 6.55. The van der Waals surface area contributed by atoms with Crippen LogP contribution in [0.25, 0.3) is 11.1 Å². The number of benzene rings is 4. The van der Waals surface area contributed by atoms with Gasteiger partial charge in [0.2, 0.25) is 5.78 Å². The van der Waals surface area contributed by atoms with E-state index in [0.29, 0.717) is 11.3 Å². The van der Waals surface area contributed by atoms with Crippen molar-refractivity contribution in [2.75, 3.05) is 0 Å². The van der Waals surface area contributed by atoms with E-state index in [9.17, 15) is 4.79 Å². The predicted octanol–water partition coefficient (Wildman–Crippen LogP) is 5.79. The van der Waals surface area contributed by atoms with Gasteiger partial charge in [0, 0.05) is 22.3 Å². The lowest BCUT2D eigenvalue weighted by Crippen LogP contribution is -2.22. The Morgan fingerprint density at radius 1 is 0.500 bits per heavy atom. The van der Waals surface area contributed by atoms with Gasteiger partial charge in [-0.3, -0.25) is 4.79 Å². The van der Waals surface area contributed by atoms with Crippen molar-refractivity contribution in [3.63, 3.8) is 0 Å². The molecule has 0 saturated carbocycles. The first kappa shape index (κ1) is 18.0. The SMILES string of the molecule is O=C1/C(=N/N=C(c2ccccc2)c2ccccc2)c2ccccc2-c2ccccc21. The Kier molecular flexibility index (Phi) is 4.62. The highest BCUT2D eigenvalue weighted by Gasteiger charge is 2.28. The summed E-state index contributed by atoms with van der Waals surface area (Å²) in [6.45, 7) is 0. The average molecular weight is 386 g/mol. The molecule has 0 aromatic heterocycles. The van der Waals surface area contributed by atoms with Crippen molar-refractivity contribution in [3.05, 3.63) is 131 Å². The topological polar surface area (TPSA) is 41.8 Å². The lowest BCUT2D eigenvalue weighted by molar-refractivity contribution is 0.106. The van der Waals surface area contributed by atoms with E-state index in [4.69, 9.17) is 0 Å². The number of nitrogens with zero attached hydrogens (tertiary/aromatic N) is 2. The first-order chi connectivity index (χ1) is 14.8. The molecule has 0 amide bonds. The van der Waals surface area contributed by atoms with Gasteiger partial charge in [0.15, 0.2) is 0 Å². The monoisotopic (exact) mass is 386 g/mol. The van der Waals surface area contributed by atoms with Crippen molar-refractivity contribution >= 4 is 17.2 Å². The molecule has 0 atom stereocenters. The number of hydrogen-bond acceptors (Lipinski definition) is 3. The van der Waals surface area contributed by atoms with E-state index in [1.54, 1.807) is 0 Å². The van der Waals surface area contributed by atoms with E-state index in [1.165, 1.54) is 0 Å². The van der Waals surface area contributed by atoms with Crippen LogP contribution in [0.4, 0.5) is 0 Å². The molecule has 0 unspecified atom stereocenters. The smallest absolute Gasteiger partial charge is 0.214 e. The van der Waals surface area contributed by atoms with Gasteiger partial charge in [-0.25, -0.2) is 0 Å². The van der Waals surface area contributed by atoms with Crippen LogP contribution in [0.3, 0.4) is 0 Å². The van der Waals surface area contributed by atoms with Gasteiger partial charge < -0.3 is 0 Å². The molecule has 5 rings (SSSR count). The first-order valence-corrected chi connectivity index (χ1v) is 9.83. The summed E-state index contributed by atoms with van der Waals surface area (Å²) in [7, 11) is 0. The van der Waals surface area contributed by atoms with Crippen molar-refractivity contribution in [1.82, 2.24) is 0 Å². The molecule has 30 heavy (non-hydrogen) atoms. The molecule has 4 aromatic carbocycles. The minimum Gasteiger partial charge on any atom is -0.287 e. The van der Waals surface area contributed by atoms with Gasteiger partial charge in [-0.15, -0.1) is 10.2 Å². The lowest BCUT2D eigenvalue weighted by Gasteiger charge is -2.19. The number of fused-ring (bicyclic) bond motifs is 3. The molecule has 0 saturated heterocycles. The first-order valence-electron chi connectivity index (χ1n) is 9.83.